The molecule has 2 nitrogen and oxygen atoms in total. The lowest BCUT2D eigenvalue weighted by molar-refractivity contribution is 0.315. The highest BCUT2D eigenvalue weighted by Gasteiger charge is 2.10. The van der Waals surface area contributed by atoms with E-state index in [1.165, 1.54) is 0 Å². The van der Waals surface area contributed by atoms with Gasteiger partial charge in [-0.1, -0.05) is 49.3 Å². The molecule has 1 atom stereocenters. The predicted octanol–water partition coefficient (Wildman–Crippen LogP) is 2.91. The maximum atomic E-state index is 8.87. The monoisotopic (exact) mass is 177 g/mol. The third kappa shape index (κ3) is 2.31. The van der Waals surface area contributed by atoms with Crippen molar-refractivity contribution in [3.05, 3.63) is 35.9 Å². The van der Waals surface area contributed by atoms with Crippen molar-refractivity contribution in [1.29, 1.82) is 0 Å². The molecule has 0 aromatic heterocycles. The van der Waals surface area contributed by atoms with E-state index < -0.39 is 0 Å². The topological polar surface area (TPSA) is 32.6 Å². The summed E-state index contributed by atoms with van der Waals surface area (Å²) in [5, 5.41) is 12.2. The van der Waals surface area contributed by atoms with E-state index in [1.54, 1.807) is 0 Å². The minimum absolute atomic E-state index is 0.299. The van der Waals surface area contributed by atoms with Crippen LogP contribution >= 0.6 is 0 Å². The molecule has 2 heteroatoms. The SMILES string of the molecule is CC[C@@H](C)/C(=N\O)c1ccccc1. The molecule has 70 valence electrons. The van der Waals surface area contributed by atoms with E-state index in [0.29, 0.717) is 5.92 Å². The summed E-state index contributed by atoms with van der Waals surface area (Å²) in [4.78, 5) is 0. The highest BCUT2D eigenvalue weighted by molar-refractivity contribution is 6.01. The minimum atomic E-state index is 0.299. The molecule has 0 aliphatic rings. The molecule has 0 amide bonds. The van der Waals surface area contributed by atoms with Crippen LogP contribution in [0.4, 0.5) is 0 Å². The molecule has 1 aromatic rings. The molecule has 0 fully saturated rings. The Bertz CT molecular complexity index is 279. The molecule has 0 saturated heterocycles. The van der Waals surface area contributed by atoms with Gasteiger partial charge < -0.3 is 5.21 Å². The van der Waals surface area contributed by atoms with Crippen LogP contribution in [-0.4, -0.2) is 10.9 Å². The van der Waals surface area contributed by atoms with Gasteiger partial charge in [-0.25, -0.2) is 0 Å². The van der Waals surface area contributed by atoms with Crippen molar-refractivity contribution >= 4 is 5.71 Å². The van der Waals surface area contributed by atoms with Crippen LogP contribution < -0.4 is 0 Å². The van der Waals surface area contributed by atoms with Crippen LogP contribution in [0.5, 0.6) is 0 Å². The molecular weight excluding hydrogens is 162 g/mol. The first-order valence-electron chi connectivity index (χ1n) is 4.57. The van der Waals surface area contributed by atoms with Crippen molar-refractivity contribution in [1.82, 2.24) is 0 Å². The van der Waals surface area contributed by atoms with Crippen LogP contribution in [0.15, 0.2) is 35.5 Å². The third-order valence-corrected chi connectivity index (χ3v) is 2.26. The van der Waals surface area contributed by atoms with E-state index in [4.69, 9.17) is 5.21 Å². The van der Waals surface area contributed by atoms with E-state index in [2.05, 4.69) is 19.0 Å². The Labute approximate surface area is 78.9 Å². The summed E-state index contributed by atoms with van der Waals surface area (Å²) in [7, 11) is 0. The molecule has 0 heterocycles. The Morgan fingerprint density at radius 3 is 2.46 bits per heavy atom. The molecule has 0 unspecified atom stereocenters. The van der Waals surface area contributed by atoms with E-state index in [-0.39, 0.29) is 0 Å². The summed E-state index contributed by atoms with van der Waals surface area (Å²) in [6.45, 7) is 4.14. The third-order valence-electron chi connectivity index (χ3n) is 2.26. The fraction of sp³-hybridized carbons (Fsp3) is 0.364. The second-order valence-electron chi connectivity index (χ2n) is 3.16. The lowest BCUT2D eigenvalue weighted by Gasteiger charge is -2.10. The number of hydrogen-bond acceptors (Lipinski definition) is 2. The van der Waals surface area contributed by atoms with Gasteiger partial charge >= 0.3 is 0 Å². The first-order chi connectivity index (χ1) is 6.29. The summed E-state index contributed by atoms with van der Waals surface area (Å²) < 4.78 is 0. The van der Waals surface area contributed by atoms with Gasteiger partial charge in [-0.3, -0.25) is 0 Å². The van der Waals surface area contributed by atoms with Crippen LogP contribution in [0.25, 0.3) is 0 Å². The zero-order chi connectivity index (χ0) is 9.68. The fourth-order valence-corrected chi connectivity index (χ4v) is 1.24. The number of rotatable bonds is 3. The maximum absolute atomic E-state index is 8.87. The van der Waals surface area contributed by atoms with Gasteiger partial charge in [0.05, 0.1) is 5.71 Å². The second-order valence-corrected chi connectivity index (χ2v) is 3.16. The van der Waals surface area contributed by atoms with Gasteiger partial charge in [0, 0.05) is 5.92 Å². The molecule has 1 rings (SSSR count). The molecular formula is C11H15NO. The minimum Gasteiger partial charge on any atom is -0.411 e. The quantitative estimate of drug-likeness (QED) is 0.430. The van der Waals surface area contributed by atoms with Gasteiger partial charge in [0.25, 0.3) is 0 Å². The standard InChI is InChI=1S/C11H15NO/c1-3-9(2)11(12-13)10-7-5-4-6-8-10/h4-9,13H,3H2,1-2H3/b12-11+/t9-/m1/s1. The average molecular weight is 177 g/mol. The van der Waals surface area contributed by atoms with E-state index >= 15 is 0 Å². The van der Waals surface area contributed by atoms with Crippen LogP contribution in [0, 0.1) is 5.92 Å². The van der Waals surface area contributed by atoms with Gasteiger partial charge in [0.1, 0.15) is 0 Å². The lowest BCUT2D eigenvalue weighted by Crippen LogP contribution is -2.11. The van der Waals surface area contributed by atoms with Crippen molar-refractivity contribution < 1.29 is 5.21 Å². The molecule has 0 bridgehead atoms. The van der Waals surface area contributed by atoms with Crippen LogP contribution in [-0.2, 0) is 0 Å². The summed E-state index contributed by atoms with van der Waals surface area (Å²) in [6.07, 6.45) is 0.980. The Morgan fingerprint density at radius 2 is 2.00 bits per heavy atom. The second kappa shape index (κ2) is 4.65. The van der Waals surface area contributed by atoms with Crippen LogP contribution in [0.1, 0.15) is 25.8 Å². The maximum Gasteiger partial charge on any atom is 0.0895 e. The molecule has 0 saturated carbocycles. The zero-order valence-electron chi connectivity index (χ0n) is 8.07. The Hall–Kier alpha value is -1.31. The van der Waals surface area contributed by atoms with E-state index in [1.807, 2.05) is 30.3 Å². The first kappa shape index (κ1) is 9.78. The number of hydrogen-bond donors (Lipinski definition) is 1. The fourth-order valence-electron chi connectivity index (χ4n) is 1.24. The predicted molar refractivity (Wildman–Crippen MR) is 54.2 cm³/mol. The smallest absolute Gasteiger partial charge is 0.0895 e. The largest absolute Gasteiger partial charge is 0.411 e. The summed E-state index contributed by atoms with van der Waals surface area (Å²) in [6, 6.07) is 9.77. The van der Waals surface area contributed by atoms with Gasteiger partial charge in [-0.2, -0.15) is 0 Å². The molecule has 0 aliphatic heterocycles. The highest BCUT2D eigenvalue weighted by atomic mass is 16.4. The number of benzene rings is 1. The lowest BCUT2D eigenvalue weighted by atomic mass is 9.96. The summed E-state index contributed by atoms with van der Waals surface area (Å²) in [5.41, 5.74) is 1.77. The molecule has 1 N–H and O–H groups in total. The van der Waals surface area contributed by atoms with Gasteiger partial charge in [-0.15, -0.1) is 0 Å². The Kier molecular flexibility index (Phi) is 3.50. The van der Waals surface area contributed by atoms with Gasteiger partial charge in [0.15, 0.2) is 0 Å². The van der Waals surface area contributed by atoms with Gasteiger partial charge in [-0.05, 0) is 12.0 Å². The van der Waals surface area contributed by atoms with Crippen LogP contribution in [0.3, 0.4) is 0 Å². The molecule has 13 heavy (non-hydrogen) atoms. The highest BCUT2D eigenvalue weighted by Crippen LogP contribution is 2.12. The normalized spacial score (nSPS) is 14.2. The summed E-state index contributed by atoms with van der Waals surface area (Å²) in [5.74, 6) is 0.299. The van der Waals surface area contributed by atoms with Gasteiger partial charge in [0.2, 0.25) is 0 Å². The number of nitrogens with zero attached hydrogens (tertiary/aromatic N) is 1. The van der Waals surface area contributed by atoms with Crippen molar-refractivity contribution in [3.8, 4) is 0 Å². The Balaban J connectivity index is 2.93. The zero-order valence-corrected chi connectivity index (χ0v) is 8.07. The number of oxime groups is 1. The van der Waals surface area contributed by atoms with Crippen molar-refractivity contribution in [2.24, 2.45) is 11.1 Å². The molecule has 1 aromatic carbocycles. The van der Waals surface area contributed by atoms with Crippen molar-refractivity contribution in [2.75, 3.05) is 0 Å². The molecule has 0 radical (unpaired) electrons. The first-order valence-corrected chi connectivity index (χ1v) is 4.57. The van der Waals surface area contributed by atoms with Crippen LogP contribution in [0.2, 0.25) is 0 Å². The van der Waals surface area contributed by atoms with E-state index in [9.17, 15) is 0 Å². The molecule has 0 spiro atoms. The average Bonchev–Trinajstić information content (AvgIpc) is 2.20. The van der Waals surface area contributed by atoms with Crippen molar-refractivity contribution in [3.63, 3.8) is 0 Å². The van der Waals surface area contributed by atoms with Crippen molar-refractivity contribution in [2.45, 2.75) is 20.3 Å². The molecule has 0 aliphatic carbocycles. The Morgan fingerprint density at radius 1 is 1.38 bits per heavy atom. The van der Waals surface area contributed by atoms with E-state index in [0.717, 1.165) is 17.7 Å². The summed E-state index contributed by atoms with van der Waals surface area (Å²) >= 11 is 0.